The van der Waals surface area contributed by atoms with Gasteiger partial charge in [-0.25, -0.2) is 9.78 Å². The van der Waals surface area contributed by atoms with Crippen molar-refractivity contribution in [1.29, 1.82) is 0 Å². The largest absolute Gasteiger partial charge is 0.347 e. The third-order valence-electron chi connectivity index (χ3n) is 5.85. The van der Waals surface area contributed by atoms with Gasteiger partial charge in [-0.15, -0.1) is 0 Å². The standard InChI is InChI=1S/C21H22BrN5O3/c1-21(2)13-8-6-7-9-14(13)24(3)15(21)10-12(28)11-27-17-16(23-19(27)22)18(29)26(5)20(30)25(17)4/h6-10H,11H2,1-5H3/b15-10-. The zero-order valence-electron chi connectivity index (χ0n) is 17.4. The van der Waals surface area contributed by atoms with Crippen LogP contribution in [0.3, 0.4) is 0 Å². The number of rotatable bonds is 3. The van der Waals surface area contributed by atoms with Crippen molar-refractivity contribution in [3.8, 4) is 0 Å². The first-order chi connectivity index (χ1) is 14.1. The normalized spacial score (nSPS) is 16.5. The van der Waals surface area contributed by atoms with E-state index in [1.165, 1.54) is 11.6 Å². The van der Waals surface area contributed by atoms with Crippen molar-refractivity contribution in [2.75, 3.05) is 11.9 Å². The van der Waals surface area contributed by atoms with Gasteiger partial charge in [0.1, 0.15) is 0 Å². The van der Waals surface area contributed by atoms with Crippen LogP contribution in [0.1, 0.15) is 19.4 Å². The third-order valence-corrected chi connectivity index (χ3v) is 6.45. The number of likely N-dealkylation sites (N-methyl/N-ethyl adjacent to an activating group) is 1. The van der Waals surface area contributed by atoms with E-state index in [1.54, 1.807) is 17.7 Å². The number of para-hydroxylation sites is 1. The molecule has 3 heterocycles. The summed E-state index contributed by atoms with van der Waals surface area (Å²) in [4.78, 5) is 44.1. The molecular formula is C21H22BrN5O3. The number of nitrogens with zero attached hydrogens (tertiary/aromatic N) is 5. The molecule has 1 aliphatic heterocycles. The van der Waals surface area contributed by atoms with Crippen molar-refractivity contribution in [1.82, 2.24) is 18.7 Å². The lowest BCUT2D eigenvalue weighted by atomic mass is 9.83. The number of aromatic nitrogens is 4. The van der Waals surface area contributed by atoms with Gasteiger partial charge in [-0.3, -0.25) is 23.3 Å². The number of carbonyl (C=O) groups is 1. The van der Waals surface area contributed by atoms with Gasteiger partial charge in [0.15, 0.2) is 21.7 Å². The molecule has 0 unspecified atom stereocenters. The van der Waals surface area contributed by atoms with Crippen molar-refractivity contribution in [2.24, 2.45) is 14.1 Å². The molecule has 0 radical (unpaired) electrons. The van der Waals surface area contributed by atoms with Gasteiger partial charge in [0.25, 0.3) is 5.56 Å². The first-order valence-corrected chi connectivity index (χ1v) is 10.2. The predicted octanol–water partition coefficient (Wildman–Crippen LogP) is 2.08. The van der Waals surface area contributed by atoms with Crippen molar-refractivity contribution in [3.63, 3.8) is 0 Å². The second-order valence-electron chi connectivity index (χ2n) is 8.04. The molecule has 9 heteroatoms. The van der Waals surface area contributed by atoms with Crippen LogP contribution in [0.15, 0.2) is 50.4 Å². The number of hydrogen-bond acceptors (Lipinski definition) is 5. The van der Waals surface area contributed by atoms with Crippen LogP contribution in [0.5, 0.6) is 0 Å². The molecule has 0 aliphatic carbocycles. The smallest absolute Gasteiger partial charge is 0.332 e. The number of imidazole rings is 1. The number of halogens is 1. The fourth-order valence-corrected chi connectivity index (χ4v) is 4.69. The molecule has 3 aromatic rings. The molecule has 30 heavy (non-hydrogen) atoms. The molecular weight excluding hydrogens is 450 g/mol. The Kier molecular flexibility index (Phi) is 4.61. The van der Waals surface area contributed by atoms with Gasteiger partial charge >= 0.3 is 5.69 Å². The van der Waals surface area contributed by atoms with Crippen molar-refractivity contribution in [3.05, 3.63) is 67.2 Å². The maximum Gasteiger partial charge on any atom is 0.332 e. The molecule has 156 valence electrons. The SMILES string of the molecule is CN1/C(=C\C(=O)Cn2c(Br)nc3c(=O)n(C)c(=O)n(C)c32)C(C)(C)c2ccccc21. The zero-order valence-corrected chi connectivity index (χ0v) is 19.0. The molecule has 0 saturated carbocycles. The Hall–Kier alpha value is -2.94. The first-order valence-electron chi connectivity index (χ1n) is 9.45. The Bertz CT molecular complexity index is 1360. The van der Waals surface area contributed by atoms with E-state index in [-0.39, 0.29) is 23.3 Å². The van der Waals surface area contributed by atoms with Gasteiger partial charge in [0.05, 0.1) is 6.54 Å². The van der Waals surface area contributed by atoms with Gasteiger partial charge in [-0.2, -0.15) is 0 Å². The highest BCUT2D eigenvalue weighted by Crippen LogP contribution is 2.46. The van der Waals surface area contributed by atoms with E-state index < -0.39 is 11.2 Å². The average molecular weight is 472 g/mol. The highest BCUT2D eigenvalue weighted by Gasteiger charge is 2.38. The van der Waals surface area contributed by atoms with Crippen molar-refractivity contribution >= 4 is 38.6 Å². The molecule has 8 nitrogen and oxygen atoms in total. The van der Waals surface area contributed by atoms with E-state index >= 15 is 0 Å². The van der Waals surface area contributed by atoms with Crippen LogP contribution in [-0.2, 0) is 30.8 Å². The highest BCUT2D eigenvalue weighted by atomic mass is 79.9. The number of carbonyl (C=O) groups excluding carboxylic acids is 1. The first kappa shape index (κ1) is 20.3. The van der Waals surface area contributed by atoms with Gasteiger partial charge in [-0.05, 0) is 27.6 Å². The van der Waals surface area contributed by atoms with Crippen LogP contribution < -0.4 is 16.1 Å². The van der Waals surface area contributed by atoms with Crippen LogP contribution in [0.2, 0.25) is 0 Å². The quantitative estimate of drug-likeness (QED) is 0.431. The summed E-state index contributed by atoms with van der Waals surface area (Å²) in [5.74, 6) is -0.161. The minimum Gasteiger partial charge on any atom is -0.347 e. The fraction of sp³-hybridized carbons (Fsp3) is 0.333. The Balaban J connectivity index is 1.78. The van der Waals surface area contributed by atoms with Crippen LogP contribution in [0, 0.1) is 0 Å². The zero-order chi connectivity index (χ0) is 22.0. The van der Waals surface area contributed by atoms with E-state index in [4.69, 9.17) is 0 Å². The number of anilines is 1. The molecule has 1 aliphatic rings. The number of allylic oxidation sites excluding steroid dienone is 2. The van der Waals surface area contributed by atoms with Crippen LogP contribution >= 0.6 is 15.9 Å². The second-order valence-corrected chi connectivity index (χ2v) is 8.75. The molecule has 0 bridgehead atoms. The third kappa shape index (κ3) is 2.79. The number of hydrogen-bond donors (Lipinski definition) is 0. The minimum atomic E-state index is -0.495. The highest BCUT2D eigenvalue weighted by molar-refractivity contribution is 9.10. The second kappa shape index (κ2) is 6.80. The van der Waals surface area contributed by atoms with Gasteiger partial charge in [0.2, 0.25) is 0 Å². The summed E-state index contributed by atoms with van der Waals surface area (Å²) in [6.07, 6.45) is 1.64. The molecule has 1 aromatic carbocycles. The summed E-state index contributed by atoms with van der Waals surface area (Å²) in [7, 11) is 4.91. The molecule has 0 saturated heterocycles. The lowest BCUT2D eigenvalue weighted by molar-refractivity contribution is -0.115. The molecule has 2 aromatic heterocycles. The summed E-state index contributed by atoms with van der Waals surface area (Å²) in [5.41, 5.74) is 2.27. The summed E-state index contributed by atoms with van der Waals surface area (Å²) >= 11 is 3.33. The molecule has 4 rings (SSSR count). The van der Waals surface area contributed by atoms with E-state index in [0.29, 0.717) is 10.4 Å². The Morgan fingerprint density at radius 1 is 1.13 bits per heavy atom. The van der Waals surface area contributed by atoms with E-state index in [0.717, 1.165) is 21.5 Å². The molecule has 0 atom stereocenters. The number of aryl methyl sites for hydroxylation is 1. The predicted molar refractivity (Wildman–Crippen MR) is 119 cm³/mol. The van der Waals surface area contributed by atoms with Crippen LogP contribution in [0.25, 0.3) is 11.2 Å². The lowest BCUT2D eigenvalue weighted by Gasteiger charge is -2.24. The maximum absolute atomic E-state index is 13.1. The fourth-order valence-electron chi connectivity index (χ4n) is 4.22. The lowest BCUT2D eigenvalue weighted by Crippen LogP contribution is -2.37. The summed E-state index contributed by atoms with van der Waals surface area (Å²) < 4.78 is 4.21. The average Bonchev–Trinajstić information content (AvgIpc) is 3.13. The van der Waals surface area contributed by atoms with Gasteiger partial charge in [-0.1, -0.05) is 32.0 Å². The molecule has 0 N–H and O–H groups in total. The summed E-state index contributed by atoms with van der Waals surface area (Å²) in [5, 5.41) is 0. The van der Waals surface area contributed by atoms with Gasteiger partial charge in [0, 0.05) is 44.0 Å². The number of fused-ring (bicyclic) bond motifs is 2. The summed E-state index contributed by atoms with van der Waals surface area (Å²) in [6.45, 7) is 4.12. The van der Waals surface area contributed by atoms with Gasteiger partial charge < -0.3 is 4.90 Å². The number of benzene rings is 1. The van der Waals surface area contributed by atoms with E-state index in [9.17, 15) is 14.4 Å². The van der Waals surface area contributed by atoms with Crippen molar-refractivity contribution in [2.45, 2.75) is 25.8 Å². The minimum absolute atomic E-state index is 0.0543. The van der Waals surface area contributed by atoms with Crippen LogP contribution in [0.4, 0.5) is 5.69 Å². The molecule has 0 spiro atoms. The van der Waals surface area contributed by atoms with E-state index in [1.807, 2.05) is 30.1 Å². The summed E-state index contributed by atoms with van der Waals surface area (Å²) in [6, 6.07) is 8.08. The number of ketones is 1. The van der Waals surface area contributed by atoms with Crippen molar-refractivity contribution < 1.29 is 4.79 Å². The van der Waals surface area contributed by atoms with Crippen LogP contribution in [-0.4, -0.2) is 31.5 Å². The molecule has 0 fully saturated rings. The monoisotopic (exact) mass is 471 g/mol. The Morgan fingerprint density at radius 2 is 1.80 bits per heavy atom. The Morgan fingerprint density at radius 3 is 2.47 bits per heavy atom. The van der Waals surface area contributed by atoms with E-state index in [2.05, 4.69) is 40.8 Å². The molecule has 0 amide bonds. The topological polar surface area (TPSA) is 82.1 Å². The maximum atomic E-state index is 13.1. The Labute approximate surface area is 181 Å².